The second-order valence-corrected chi connectivity index (χ2v) is 10.3. The molecule has 0 radical (unpaired) electrons. The molecule has 5 rings (SSSR count). The number of hydrogen-bond acceptors (Lipinski definition) is 4. The molecule has 0 unspecified atom stereocenters. The number of piperazine rings is 1. The van der Waals surface area contributed by atoms with Gasteiger partial charge >= 0.3 is 0 Å². The standard InChI is InChI=1S/C27H30FN3O2S/c28-22-11-5-4-8-20(22)18-25-27(33)31(23-12-6-7-13-24(23)34-25)19-26(32)30-16-14-29(15-17-30)21-9-2-1-3-10-21/h4-8,11-13,18,21H,1-3,9-10,14-17,19H2. The van der Waals surface area contributed by atoms with Gasteiger partial charge in [0.15, 0.2) is 0 Å². The monoisotopic (exact) mass is 479 g/mol. The Balaban J connectivity index is 1.31. The highest BCUT2D eigenvalue weighted by Gasteiger charge is 2.33. The van der Waals surface area contributed by atoms with Crippen LogP contribution in [0.5, 0.6) is 0 Å². The SMILES string of the molecule is O=C(CN1C(=O)C(=Cc2ccccc2F)Sc2ccccc21)N1CCN(C2CCCCC2)CC1. The van der Waals surface area contributed by atoms with Gasteiger partial charge in [-0.05, 0) is 37.1 Å². The quantitative estimate of drug-likeness (QED) is 0.592. The predicted octanol–water partition coefficient (Wildman–Crippen LogP) is 4.78. The third-order valence-corrected chi connectivity index (χ3v) is 8.15. The van der Waals surface area contributed by atoms with Gasteiger partial charge in [0.25, 0.3) is 5.91 Å². The maximum absolute atomic E-state index is 14.2. The van der Waals surface area contributed by atoms with Gasteiger partial charge in [0.1, 0.15) is 12.4 Å². The van der Waals surface area contributed by atoms with E-state index in [1.165, 1.54) is 49.9 Å². The van der Waals surface area contributed by atoms with Crippen LogP contribution in [0, 0.1) is 5.82 Å². The number of hydrogen-bond donors (Lipinski definition) is 0. The summed E-state index contributed by atoms with van der Waals surface area (Å²) in [6.45, 7) is 3.19. The number of benzene rings is 2. The zero-order valence-electron chi connectivity index (χ0n) is 19.3. The summed E-state index contributed by atoms with van der Waals surface area (Å²) in [6.07, 6.45) is 8.07. The molecule has 0 spiro atoms. The molecule has 2 heterocycles. The largest absolute Gasteiger partial charge is 0.339 e. The maximum atomic E-state index is 14.2. The van der Waals surface area contributed by atoms with Gasteiger partial charge in [0, 0.05) is 42.7 Å². The van der Waals surface area contributed by atoms with Crippen LogP contribution in [-0.2, 0) is 9.59 Å². The van der Waals surface area contributed by atoms with Crippen LogP contribution in [0.3, 0.4) is 0 Å². The van der Waals surface area contributed by atoms with Crippen molar-refractivity contribution in [2.45, 2.75) is 43.0 Å². The maximum Gasteiger partial charge on any atom is 0.265 e. The van der Waals surface area contributed by atoms with Crippen molar-refractivity contribution in [3.05, 3.63) is 64.8 Å². The third-order valence-electron chi connectivity index (χ3n) is 7.08. The number of thioether (sulfide) groups is 1. The zero-order chi connectivity index (χ0) is 23.5. The predicted molar refractivity (Wildman–Crippen MR) is 134 cm³/mol. The second kappa shape index (κ2) is 10.3. The lowest BCUT2D eigenvalue weighted by molar-refractivity contribution is -0.133. The molecule has 2 aromatic rings. The van der Waals surface area contributed by atoms with Gasteiger partial charge in [-0.3, -0.25) is 19.4 Å². The highest BCUT2D eigenvalue weighted by Crippen LogP contribution is 2.42. The number of fused-ring (bicyclic) bond motifs is 1. The molecule has 1 saturated carbocycles. The third kappa shape index (κ3) is 4.91. The molecule has 1 aliphatic carbocycles. The van der Waals surface area contributed by atoms with Gasteiger partial charge in [-0.15, -0.1) is 0 Å². The lowest BCUT2D eigenvalue weighted by atomic mass is 9.94. The van der Waals surface area contributed by atoms with E-state index in [1.807, 2.05) is 29.2 Å². The van der Waals surface area contributed by atoms with E-state index in [0.29, 0.717) is 29.6 Å². The molecule has 0 aromatic heterocycles. The number of carbonyl (C=O) groups is 2. The average Bonchev–Trinajstić information content (AvgIpc) is 2.88. The second-order valence-electron chi connectivity index (χ2n) is 9.20. The Morgan fingerprint density at radius 2 is 1.68 bits per heavy atom. The van der Waals surface area contributed by atoms with E-state index < -0.39 is 0 Å². The zero-order valence-corrected chi connectivity index (χ0v) is 20.1. The molecule has 0 atom stereocenters. The normalized spacial score (nSPS) is 21.1. The number of para-hydroxylation sites is 1. The Labute approximate surface area is 204 Å². The molecule has 178 valence electrons. The fourth-order valence-electron chi connectivity index (χ4n) is 5.17. The van der Waals surface area contributed by atoms with Crippen molar-refractivity contribution >= 4 is 35.3 Å². The Kier molecular flexibility index (Phi) is 7.02. The number of anilines is 1. The van der Waals surface area contributed by atoms with Gasteiger partial charge < -0.3 is 4.90 Å². The molecule has 0 bridgehead atoms. The molecule has 2 amide bonds. The molecule has 1 saturated heterocycles. The molecule has 7 heteroatoms. The number of rotatable bonds is 4. The summed E-state index contributed by atoms with van der Waals surface area (Å²) < 4.78 is 14.2. The summed E-state index contributed by atoms with van der Waals surface area (Å²) in [6, 6.07) is 14.6. The highest BCUT2D eigenvalue weighted by atomic mass is 32.2. The number of amides is 2. The van der Waals surface area contributed by atoms with E-state index in [2.05, 4.69) is 4.90 Å². The van der Waals surface area contributed by atoms with Crippen LogP contribution in [0.25, 0.3) is 6.08 Å². The first-order chi connectivity index (χ1) is 16.6. The summed E-state index contributed by atoms with van der Waals surface area (Å²) in [5.74, 6) is -0.676. The van der Waals surface area contributed by atoms with Crippen molar-refractivity contribution in [3.8, 4) is 0 Å². The molecule has 0 N–H and O–H groups in total. The fraction of sp³-hybridized carbons (Fsp3) is 0.407. The minimum atomic E-state index is -0.374. The van der Waals surface area contributed by atoms with Crippen LogP contribution in [0.15, 0.2) is 58.3 Å². The lowest BCUT2D eigenvalue weighted by Crippen LogP contribution is -2.54. The first-order valence-corrected chi connectivity index (χ1v) is 13.0. The van der Waals surface area contributed by atoms with E-state index in [0.717, 1.165) is 23.7 Å². The average molecular weight is 480 g/mol. The Morgan fingerprint density at radius 3 is 2.44 bits per heavy atom. The van der Waals surface area contributed by atoms with Crippen LogP contribution in [0.1, 0.15) is 37.7 Å². The molecule has 2 aromatic carbocycles. The van der Waals surface area contributed by atoms with Crippen molar-refractivity contribution in [3.63, 3.8) is 0 Å². The van der Waals surface area contributed by atoms with E-state index in [4.69, 9.17) is 0 Å². The molecular formula is C27H30FN3O2S. The Morgan fingerprint density at radius 1 is 0.971 bits per heavy atom. The number of halogens is 1. The lowest BCUT2D eigenvalue weighted by Gasteiger charge is -2.41. The first-order valence-electron chi connectivity index (χ1n) is 12.2. The fourth-order valence-corrected chi connectivity index (χ4v) is 6.22. The summed E-state index contributed by atoms with van der Waals surface area (Å²) >= 11 is 1.32. The first kappa shape index (κ1) is 23.1. The van der Waals surface area contributed by atoms with Crippen molar-refractivity contribution < 1.29 is 14.0 Å². The van der Waals surface area contributed by atoms with E-state index in [-0.39, 0.29) is 24.2 Å². The Hall–Kier alpha value is -2.64. The van der Waals surface area contributed by atoms with Crippen LogP contribution in [0.2, 0.25) is 0 Å². The molecule has 2 fully saturated rings. The van der Waals surface area contributed by atoms with Crippen LogP contribution >= 0.6 is 11.8 Å². The van der Waals surface area contributed by atoms with Crippen molar-refractivity contribution in [2.24, 2.45) is 0 Å². The summed E-state index contributed by atoms with van der Waals surface area (Å²) in [7, 11) is 0. The van der Waals surface area contributed by atoms with Gasteiger partial charge in [0.05, 0.1) is 10.6 Å². The van der Waals surface area contributed by atoms with E-state index in [1.54, 1.807) is 29.2 Å². The summed E-state index contributed by atoms with van der Waals surface area (Å²) in [5, 5.41) is 0. The molecule has 3 aliphatic rings. The molecule has 34 heavy (non-hydrogen) atoms. The summed E-state index contributed by atoms with van der Waals surface area (Å²) in [4.78, 5) is 33.9. The van der Waals surface area contributed by atoms with Gasteiger partial charge in [-0.25, -0.2) is 4.39 Å². The highest BCUT2D eigenvalue weighted by molar-refractivity contribution is 8.04. The van der Waals surface area contributed by atoms with E-state index >= 15 is 0 Å². The molecular weight excluding hydrogens is 449 g/mol. The van der Waals surface area contributed by atoms with E-state index in [9.17, 15) is 14.0 Å². The molecule has 5 nitrogen and oxygen atoms in total. The smallest absolute Gasteiger partial charge is 0.265 e. The van der Waals surface area contributed by atoms with Crippen molar-refractivity contribution in [1.82, 2.24) is 9.80 Å². The number of carbonyl (C=O) groups excluding carboxylic acids is 2. The van der Waals surface area contributed by atoms with Gasteiger partial charge in [-0.2, -0.15) is 0 Å². The summed E-state index contributed by atoms with van der Waals surface area (Å²) in [5.41, 5.74) is 1.10. The van der Waals surface area contributed by atoms with Crippen molar-refractivity contribution in [2.75, 3.05) is 37.6 Å². The van der Waals surface area contributed by atoms with Gasteiger partial charge in [0.2, 0.25) is 5.91 Å². The minimum Gasteiger partial charge on any atom is -0.339 e. The van der Waals surface area contributed by atoms with Crippen LogP contribution < -0.4 is 4.90 Å². The van der Waals surface area contributed by atoms with Crippen molar-refractivity contribution in [1.29, 1.82) is 0 Å². The number of nitrogens with zero attached hydrogens (tertiary/aromatic N) is 3. The van der Waals surface area contributed by atoms with Gasteiger partial charge in [-0.1, -0.05) is 61.4 Å². The van der Waals surface area contributed by atoms with Crippen LogP contribution in [-0.4, -0.2) is 60.4 Å². The van der Waals surface area contributed by atoms with Crippen LogP contribution in [0.4, 0.5) is 10.1 Å². The molecule has 2 aliphatic heterocycles. The minimum absolute atomic E-state index is 0.00551. The topological polar surface area (TPSA) is 43.9 Å². The Bertz CT molecular complexity index is 1090.